The highest BCUT2D eigenvalue weighted by Gasteiger charge is 2.51. The number of anilines is 1. The van der Waals surface area contributed by atoms with Gasteiger partial charge in [-0.1, -0.05) is 12.1 Å². The number of fused-ring (bicyclic) bond motifs is 2. The monoisotopic (exact) mass is 398 g/mol. The predicted molar refractivity (Wildman–Crippen MR) is 104 cm³/mol. The summed E-state index contributed by atoms with van der Waals surface area (Å²) in [6, 6.07) is 8.19. The van der Waals surface area contributed by atoms with Crippen LogP contribution < -0.4 is 4.90 Å². The third-order valence-corrected chi connectivity index (χ3v) is 7.98. The van der Waals surface area contributed by atoms with E-state index in [4.69, 9.17) is 0 Å². The molecule has 8 heteroatoms. The molecule has 0 amide bonds. The summed E-state index contributed by atoms with van der Waals surface area (Å²) in [7, 11) is -3.56. The van der Waals surface area contributed by atoms with Crippen molar-refractivity contribution >= 4 is 21.6 Å². The fourth-order valence-electron chi connectivity index (χ4n) is 4.28. The number of benzene rings is 1. The lowest BCUT2D eigenvalue weighted by atomic mass is 9.91. The number of aromatic nitrogens is 2. The van der Waals surface area contributed by atoms with Crippen LogP contribution in [0.5, 0.6) is 0 Å². The lowest BCUT2D eigenvalue weighted by Gasteiger charge is -2.55. The average molecular weight is 398 g/mol. The number of rotatable bonds is 5. The van der Waals surface area contributed by atoms with Crippen LogP contribution in [0.3, 0.4) is 0 Å². The molecule has 2 atom stereocenters. The van der Waals surface area contributed by atoms with Gasteiger partial charge in [0.05, 0.1) is 4.90 Å². The normalized spacial score (nSPS) is 24.7. The second-order valence-corrected chi connectivity index (χ2v) is 9.78. The molecular formula is C20H22N4O3S. The molecule has 3 saturated heterocycles. The van der Waals surface area contributed by atoms with Crippen molar-refractivity contribution in [2.45, 2.75) is 49.1 Å². The van der Waals surface area contributed by atoms with Gasteiger partial charge in [0.1, 0.15) is 12.1 Å². The molecule has 6 rings (SSSR count). The molecule has 146 valence electrons. The summed E-state index contributed by atoms with van der Waals surface area (Å²) >= 11 is 0. The summed E-state index contributed by atoms with van der Waals surface area (Å²) in [5, 5.41) is 0. The number of carbonyl (C=O) groups excluding carboxylic acids is 1. The number of nitrogens with zero attached hydrogens (tertiary/aromatic N) is 4. The van der Waals surface area contributed by atoms with Gasteiger partial charge < -0.3 is 4.90 Å². The van der Waals surface area contributed by atoms with Gasteiger partial charge >= 0.3 is 0 Å². The summed E-state index contributed by atoms with van der Waals surface area (Å²) in [6.07, 6.45) is 4.88. The number of carbonyl (C=O) groups is 1. The Morgan fingerprint density at radius 2 is 1.75 bits per heavy atom. The van der Waals surface area contributed by atoms with E-state index in [0.29, 0.717) is 24.6 Å². The first kappa shape index (κ1) is 17.8. The summed E-state index contributed by atoms with van der Waals surface area (Å²) in [6.45, 7) is 2.75. The standard InChI is InChI=1S/C20H22N4O3S/c1-13(25)14-4-6-18(7-5-14)28(26,27)24-16-8-17(24)11-23(10-16)20-9-19(15-2-3-15)21-12-22-20/h4-7,9,12,15-17H,2-3,8,10-11H2,1H3. The molecule has 0 radical (unpaired) electrons. The molecule has 1 aromatic carbocycles. The Balaban J connectivity index is 1.34. The zero-order chi connectivity index (χ0) is 19.5. The Labute approximate surface area is 164 Å². The Kier molecular flexibility index (Phi) is 4.03. The molecule has 4 heterocycles. The van der Waals surface area contributed by atoms with Crippen molar-refractivity contribution in [1.29, 1.82) is 0 Å². The summed E-state index contributed by atoms with van der Waals surface area (Å²) in [4.78, 5) is 22.6. The van der Waals surface area contributed by atoms with Crippen LogP contribution in [-0.4, -0.2) is 53.6 Å². The van der Waals surface area contributed by atoms with Crippen molar-refractivity contribution in [1.82, 2.24) is 14.3 Å². The highest BCUT2D eigenvalue weighted by molar-refractivity contribution is 7.89. The molecular weight excluding hydrogens is 376 g/mol. The first-order valence-corrected chi connectivity index (χ1v) is 11.1. The lowest BCUT2D eigenvalue weighted by Crippen LogP contribution is -2.70. The first-order chi connectivity index (χ1) is 13.4. The van der Waals surface area contributed by atoms with Crippen LogP contribution in [0.15, 0.2) is 41.6 Å². The van der Waals surface area contributed by atoms with Crippen molar-refractivity contribution in [2.24, 2.45) is 0 Å². The van der Waals surface area contributed by atoms with E-state index in [2.05, 4.69) is 20.9 Å². The minimum atomic E-state index is -3.56. The molecule has 2 bridgehead atoms. The van der Waals surface area contributed by atoms with E-state index in [1.807, 2.05) is 0 Å². The van der Waals surface area contributed by atoms with Crippen LogP contribution in [0.2, 0.25) is 0 Å². The maximum atomic E-state index is 13.1. The number of piperazine rings is 1. The molecule has 4 fully saturated rings. The second kappa shape index (κ2) is 6.35. The third kappa shape index (κ3) is 2.91. The van der Waals surface area contributed by atoms with Crippen molar-refractivity contribution in [3.05, 3.63) is 47.9 Å². The van der Waals surface area contributed by atoms with Gasteiger partial charge in [-0.3, -0.25) is 4.79 Å². The molecule has 4 aliphatic rings. The first-order valence-electron chi connectivity index (χ1n) is 9.65. The number of hydrogen-bond acceptors (Lipinski definition) is 6. The summed E-state index contributed by atoms with van der Waals surface area (Å²) < 4.78 is 27.8. The molecule has 1 saturated carbocycles. The van der Waals surface area contributed by atoms with E-state index in [1.54, 1.807) is 22.8 Å². The number of ketones is 1. The zero-order valence-electron chi connectivity index (χ0n) is 15.7. The number of piperidine rings is 1. The van der Waals surface area contributed by atoms with Gasteiger partial charge in [-0.25, -0.2) is 18.4 Å². The quantitative estimate of drug-likeness (QED) is 0.718. The van der Waals surface area contributed by atoms with Gasteiger partial charge in [0.15, 0.2) is 5.78 Å². The van der Waals surface area contributed by atoms with Crippen LogP contribution >= 0.6 is 0 Å². The summed E-state index contributed by atoms with van der Waals surface area (Å²) in [5.74, 6) is 1.39. The average Bonchev–Trinajstić information content (AvgIpc) is 3.53. The molecule has 0 spiro atoms. The van der Waals surface area contributed by atoms with Crippen LogP contribution in [0, 0.1) is 0 Å². The molecule has 1 aliphatic carbocycles. The second-order valence-electron chi connectivity index (χ2n) is 7.94. The van der Waals surface area contributed by atoms with Crippen LogP contribution in [0.1, 0.15) is 48.2 Å². The highest BCUT2D eigenvalue weighted by Crippen LogP contribution is 2.41. The Hall–Kier alpha value is -2.32. The SMILES string of the molecule is CC(=O)c1ccc(S(=O)(=O)N2C3CC2CN(c2cc(C4CC4)ncn2)C3)cc1. The number of hydrogen-bond donors (Lipinski definition) is 0. The van der Waals surface area contributed by atoms with E-state index in [9.17, 15) is 13.2 Å². The Morgan fingerprint density at radius 3 is 2.36 bits per heavy atom. The van der Waals surface area contributed by atoms with Crippen molar-refractivity contribution in [3.63, 3.8) is 0 Å². The van der Waals surface area contributed by atoms with Gasteiger partial charge in [0, 0.05) is 48.4 Å². The van der Waals surface area contributed by atoms with Crippen LogP contribution in [0.4, 0.5) is 5.82 Å². The van der Waals surface area contributed by atoms with Gasteiger partial charge in [-0.05, 0) is 38.3 Å². The summed E-state index contributed by atoms with van der Waals surface area (Å²) in [5.41, 5.74) is 1.61. The maximum Gasteiger partial charge on any atom is 0.243 e. The maximum absolute atomic E-state index is 13.1. The van der Waals surface area contributed by atoms with Gasteiger partial charge in [0.25, 0.3) is 0 Å². The molecule has 2 unspecified atom stereocenters. The zero-order valence-corrected chi connectivity index (χ0v) is 16.5. The highest BCUT2D eigenvalue weighted by atomic mass is 32.2. The molecule has 28 heavy (non-hydrogen) atoms. The molecule has 1 aromatic heterocycles. The Morgan fingerprint density at radius 1 is 1.07 bits per heavy atom. The van der Waals surface area contributed by atoms with Gasteiger partial charge in [0.2, 0.25) is 10.0 Å². The number of Topliss-reactive ketones (excluding diaryl/α,β-unsaturated/α-hetero) is 1. The molecule has 0 N–H and O–H groups in total. The topological polar surface area (TPSA) is 83.5 Å². The predicted octanol–water partition coefficient (Wildman–Crippen LogP) is 2.21. The van der Waals surface area contributed by atoms with Crippen molar-refractivity contribution < 1.29 is 13.2 Å². The van der Waals surface area contributed by atoms with E-state index < -0.39 is 10.0 Å². The largest absolute Gasteiger partial charge is 0.353 e. The number of sulfonamides is 1. The smallest absolute Gasteiger partial charge is 0.243 e. The van der Waals surface area contributed by atoms with E-state index in [-0.39, 0.29) is 22.8 Å². The molecule has 7 nitrogen and oxygen atoms in total. The van der Waals surface area contributed by atoms with Crippen molar-refractivity contribution in [3.8, 4) is 0 Å². The van der Waals surface area contributed by atoms with Crippen LogP contribution in [-0.2, 0) is 10.0 Å². The third-order valence-electron chi connectivity index (χ3n) is 5.96. The lowest BCUT2D eigenvalue weighted by molar-refractivity contribution is 0.0874. The fraction of sp³-hybridized carbons (Fsp3) is 0.450. The minimum absolute atomic E-state index is 0.0458. The van der Waals surface area contributed by atoms with Crippen LogP contribution in [0.25, 0.3) is 0 Å². The van der Waals surface area contributed by atoms with Gasteiger partial charge in [-0.15, -0.1) is 0 Å². The Bertz CT molecular complexity index is 1020. The molecule has 3 aliphatic heterocycles. The van der Waals surface area contributed by atoms with E-state index >= 15 is 0 Å². The van der Waals surface area contributed by atoms with Gasteiger partial charge in [-0.2, -0.15) is 4.31 Å². The van der Waals surface area contributed by atoms with E-state index in [1.165, 1.54) is 31.9 Å². The van der Waals surface area contributed by atoms with E-state index in [0.717, 1.165) is 17.9 Å². The fourth-order valence-corrected chi connectivity index (χ4v) is 6.09. The minimum Gasteiger partial charge on any atom is -0.353 e. The molecule has 2 aromatic rings. The van der Waals surface area contributed by atoms with Crippen molar-refractivity contribution in [2.75, 3.05) is 18.0 Å².